The molecule has 18 heavy (non-hydrogen) atoms. The zero-order valence-corrected chi connectivity index (χ0v) is 12.3. The molecule has 0 aliphatic heterocycles. The van der Waals surface area contributed by atoms with Crippen molar-refractivity contribution in [3.63, 3.8) is 0 Å². The number of halogens is 2. The summed E-state index contributed by atoms with van der Waals surface area (Å²) in [6, 6.07) is 5.94. The van der Waals surface area contributed by atoms with Gasteiger partial charge in [-0.15, -0.1) is 0 Å². The van der Waals surface area contributed by atoms with Gasteiger partial charge in [-0.25, -0.2) is 4.39 Å². The number of rotatable bonds is 5. The van der Waals surface area contributed by atoms with Crippen LogP contribution in [0.25, 0.3) is 0 Å². The molecular weight excluding hydrogens is 301 g/mol. The van der Waals surface area contributed by atoms with E-state index in [9.17, 15) is 9.18 Å². The SMILES string of the molecule is CN(CCOc1cccc(F)c1)C(=O)C(C)(C)Br. The minimum Gasteiger partial charge on any atom is -0.492 e. The Hall–Kier alpha value is -1.10. The number of benzene rings is 1. The molecule has 0 aliphatic rings. The summed E-state index contributed by atoms with van der Waals surface area (Å²) in [4.78, 5) is 13.4. The van der Waals surface area contributed by atoms with Crippen molar-refractivity contribution in [2.24, 2.45) is 0 Å². The van der Waals surface area contributed by atoms with Gasteiger partial charge in [-0.05, 0) is 26.0 Å². The van der Waals surface area contributed by atoms with E-state index in [4.69, 9.17) is 4.74 Å². The third kappa shape index (κ3) is 4.64. The van der Waals surface area contributed by atoms with Crippen molar-refractivity contribution in [3.8, 4) is 5.75 Å². The molecular formula is C13H17BrFNO2. The van der Waals surface area contributed by atoms with Crippen LogP contribution in [-0.2, 0) is 4.79 Å². The van der Waals surface area contributed by atoms with Gasteiger partial charge in [-0.3, -0.25) is 4.79 Å². The largest absolute Gasteiger partial charge is 0.492 e. The lowest BCUT2D eigenvalue weighted by atomic mass is 10.2. The standard InChI is InChI=1S/C13H17BrFNO2/c1-13(2,14)12(17)16(3)7-8-18-11-6-4-5-10(15)9-11/h4-6,9H,7-8H2,1-3H3. The fraction of sp³-hybridized carbons (Fsp3) is 0.462. The third-order valence-corrected chi connectivity index (χ3v) is 2.69. The Bertz CT molecular complexity index is 418. The molecule has 0 unspecified atom stereocenters. The molecule has 0 aromatic heterocycles. The van der Waals surface area contributed by atoms with Crippen LogP contribution in [0.4, 0.5) is 4.39 Å². The van der Waals surface area contributed by atoms with E-state index in [1.165, 1.54) is 12.1 Å². The minimum absolute atomic E-state index is 0.0228. The average Bonchev–Trinajstić information content (AvgIpc) is 2.26. The van der Waals surface area contributed by atoms with Gasteiger partial charge in [0.25, 0.3) is 0 Å². The van der Waals surface area contributed by atoms with Crippen LogP contribution in [0.15, 0.2) is 24.3 Å². The predicted molar refractivity (Wildman–Crippen MR) is 72.5 cm³/mol. The highest BCUT2D eigenvalue weighted by atomic mass is 79.9. The summed E-state index contributed by atoms with van der Waals surface area (Å²) in [6.07, 6.45) is 0. The molecule has 0 radical (unpaired) electrons. The number of ether oxygens (including phenoxy) is 1. The van der Waals surface area contributed by atoms with Gasteiger partial charge < -0.3 is 9.64 Å². The second kappa shape index (κ2) is 6.18. The van der Waals surface area contributed by atoms with E-state index in [-0.39, 0.29) is 11.7 Å². The van der Waals surface area contributed by atoms with Crippen LogP contribution in [0.2, 0.25) is 0 Å². The van der Waals surface area contributed by atoms with Gasteiger partial charge in [-0.1, -0.05) is 22.0 Å². The van der Waals surface area contributed by atoms with Gasteiger partial charge in [0, 0.05) is 13.1 Å². The van der Waals surface area contributed by atoms with Crippen LogP contribution >= 0.6 is 15.9 Å². The Balaban J connectivity index is 2.40. The Morgan fingerprint density at radius 1 is 1.50 bits per heavy atom. The zero-order valence-electron chi connectivity index (χ0n) is 10.7. The molecule has 3 nitrogen and oxygen atoms in total. The number of hydrogen-bond donors (Lipinski definition) is 0. The van der Waals surface area contributed by atoms with Crippen molar-refractivity contribution in [2.45, 2.75) is 18.2 Å². The fourth-order valence-electron chi connectivity index (χ4n) is 1.41. The monoisotopic (exact) mass is 317 g/mol. The van der Waals surface area contributed by atoms with Gasteiger partial charge in [0.05, 0.1) is 10.9 Å². The van der Waals surface area contributed by atoms with Crippen LogP contribution in [0.1, 0.15) is 13.8 Å². The van der Waals surface area contributed by atoms with Crippen molar-refractivity contribution in [1.29, 1.82) is 0 Å². The Morgan fingerprint density at radius 2 is 2.17 bits per heavy atom. The number of likely N-dealkylation sites (N-methyl/N-ethyl adjacent to an activating group) is 1. The normalized spacial score (nSPS) is 11.2. The molecule has 0 heterocycles. The Morgan fingerprint density at radius 3 is 2.72 bits per heavy atom. The highest BCUT2D eigenvalue weighted by molar-refractivity contribution is 9.10. The van der Waals surface area contributed by atoms with Crippen LogP contribution in [0.3, 0.4) is 0 Å². The van der Waals surface area contributed by atoms with Gasteiger partial charge in [0.2, 0.25) is 5.91 Å². The van der Waals surface area contributed by atoms with Crippen molar-refractivity contribution in [1.82, 2.24) is 4.90 Å². The summed E-state index contributed by atoms with van der Waals surface area (Å²) in [7, 11) is 1.71. The molecule has 1 rings (SSSR count). The number of hydrogen-bond acceptors (Lipinski definition) is 2. The summed E-state index contributed by atoms with van der Waals surface area (Å²) in [5.41, 5.74) is 0. The molecule has 0 saturated heterocycles. The molecule has 0 aliphatic carbocycles. The van der Waals surface area contributed by atoms with Crippen molar-refractivity contribution in [2.75, 3.05) is 20.2 Å². The maximum absolute atomic E-state index is 12.9. The fourth-order valence-corrected chi connectivity index (χ4v) is 1.72. The van der Waals surface area contributed by atoms with E-state index in [0.717, 1.165) is 0 Å². The molecule has 0 fully saturated rings. The van der Waals surface area contributed by atoms with Crippen LogP contribution in [0.5, 0.6) is 5.75 Å². The lowest BCUT2D eigenvalue weighted by molar-refractivity contribution is -0.131. The topological polar surface area (TPSA) is 29.5 Å². The quantitative estimate of drug-likeness (QED) is 0.782. The molecule has 0 saturated carbocycles. The van der Waals surface area contributed by atoms with Crippen LogP contribution in [-0.4, -0.2) is 35.3 Å². The van der Waals surface area contributed by atoms with Gasteiger partial charge >= 0.3 is 0 Å². The summed E-state index contributed by atoms with van der Waals surface area (Å²) in [5.74, 6) is 0.109. The lowest BCUT2D eigenvalue weighted by Crippen LogP contribution is -2.41. The first kappa shape index (κ1) is 15.0. The molecule has 0 spiro atoms. The second-order valence-electron chi connectivity index (χ2n) is 4.50. The number of nitrogens with zero attached hydrogens (tertiary/aromatic N) is 1. The molecule has 100 valence electrons. The summed E-state index contributed by atoms with van der Waals surface area (Å²) in [5, 5.41) is 0. The van der Waals surface area contributed by atoms with Crippen molar-refractivity contribution < 1.29 is 13.9 Å². The molecule has 1 amide bonds. The highest BCUT2D eigenvalue weighted by Crippen LogP contribution is 2.18. The first-order valence-electron chi connectivity index (χ1n) is 5.63. The first-order chi connectivity index (χ1) is 8.30. The van der Waals surface area contributed by atoms with Crippen LogP contribution < -0.4 is 4.74 Å². The highest BCUT2D eigenvalue weighted by Gasteiger charge is 2.26. The van der Waals surface area contributed by atoms with Gasteiger partial charge in [0.15, 0.2) is 0 Å². The third-order valence-electron chi connectivity index (χ3n) is 2.35. The maximum Gasteiger partial charge on any atom is 0.238 e. The molecule has 0 bridgehead atoms. The van der Waals surface area contributed by atoms with E-state index in [2.05, 4.69) is 15.9 Å². The van der Waals surface area contributed by atoms with Crippen LogP contribution in [0, 0.1) is 5.82 Å². The van der Waals surface area contributed by atoms with E-state index in [0.29, 0.717) is 18.9 Å². The predicted octanol–water partition coefficient (Wildman–Crippen LogP) is 2.84. The molecule has 1 aromatic rings. The Labute approximate surface area is 115 Å². The molecule has 1 aromatic carbocycles. The number of alkyl halides is 1. The summed E-state index contributed by atoms with van der Waals surface area (Å²) >= 11 is 3.31. The van der Waals surface area contributed by atoms with Gasteiger partial charge in [0.1, 0.15) is 18.2 Å². The first-order valence-corrected chi connectivity index (χ1v) is 6.43. The Kier molecular flexibility index (Phi) is 5.14. The van der Waals surface area contributed by atoms with Gasteiger partial charge in [-0.2, -0.15) is 0 Å². The number of carbonyl (C=O) groups is 1. The molecule has 5 heteroatoms. The minimum atomic E-state index is -0.583. The summed E-state index contributed by atoms with van der Waals surface area (Å²) in [6.45, 7) is 4.36. The van der Waals surface area contributed by atoms with E-state index in [1.54, 1.807) is 37.9 Å². The van der Waals surface area contributed by atoms with Crippen molar-refractivity contribution >= 4 is 21.8 Å². The van der Waals surface area contributed by atoms with Crippen molar-refractivity contribution in [3.05, 3.63) is 30.1 Å². The molecule has 0 N–H and O–H groups in total. The van der Waals surface area contributed by atoms with E-state index >= 15 is 0 Å². The maximum atomic E-state index is 12.9. The molecule has 0 atom stereocenters. The van der Waals surface area contributed by atoms with E-state index < -0.39 is 4.32 Å². The second-order valence-corrected chi connectivity index (χ2v) is 6.49. The zero-order chi connectivity index (χ0) is 13.8. The smallest absolute Gasteiger partial charge is 0.238 e. The average molecular weight is 318 g/mol. The summed E-state index contributed by atoms with van der Waals surface area (Å²) < 4.78 is 17.7. The van der Waals surface area contributed by atoms with E-state index in [1.807, 2.05) is 0 Å². The number of carbonyl (C=O) groups excluding carboxylic acids is 1. The number of amides is 1. The lowest BCUT2D eigenvalue weighted by Gasteiger charge is -2.24.